The molecule has 1 fully saturated rings. The normalized spacial score (nSPS) is 20.7. The van der Waals surface area contributed by atoms with E-state index >= 15 is 0 Å². The third kappa shape index (κ3) is 29.8. The van der Waals surface area contributed by atoms with Gasteiger partial charge in [-0.3, -0.25) is 14.1 Å². The van der Waals surface area contributed by atoms with Crippen molar-refractivity contribution in [2.24, 2.45) is 5.92 Å². The van der Waals surface area contributed by atoms with Crippen LogP contribution >= 0.6 is 7.82 Å². The standard InChI is InChI=1S/C46H90NO11P/c1-4-7-10-13-16-19-22-24-27-30-33-38(32-29-26-23-20-17-14-11-8-5-2)35-42(51)57-45-43(46(52)56-40(37-48)44(45)58-59(53,54)55)47-41(50)36-39(49)34-31-28-25-21-18-15-12-9-6-3/h38-40,43-46,48-49,52H,4-37H2,1-3H3,(H,47,50)(H2,53,54,55)/t38-,39+,40+,43-,44+,45+,46-/m0/s1. The summed E-state index contributed by atoms with van der Waals surface area (Å²) in [6, 6.07) is -1.47. The Bertz CT molecular complexity index is 1060. The summed E-state index contributed by atoms with van der Waals surface area (Å²) in [6.07, 6.45) is 27.4. The Morgan fingerprint density at radius 3 is 1.39 bits per heavy atom. The summed E-state index contributed by atoms with van der Waals surface area (Å²) in [5.74, 6) is -1.26. The Balaban J connectivity index is 2.91. The Hall–Kier alpha value is -1.11. The fraction of sp³-hybridized carbons (Fsp3) is 0.957. The number of nitrogens with one attached hydrogen (secondary N) is 1. The summed E-state index contributed by atoms with van der Waals surface area (Å²) in [5.41, 5.74) is 0. The second-order valence-electron chi connectivity index (χ2n) is 17.5. The average Bonchev–Trinajstić information content (AvgIpc) is 3.18. The quantitative estimate of drug-likeness (QED) is 0.0195. The maximum atomic E-state index is 13.7. The van der Waals surface area contributed by atoms with E-state index in [-0.39, 0.29) is 18.8 Å². The number of hydrogen-bond acceptors (Lipinski definition) is 9. The summed E-state index contributed by atoms with van der Waals surface area (Å²) in [7, 11) is -5.21. The molecule has 59 heavy (non-hydrogen) atoms. The fourth-order valence-corrected chi connectivity index (χ4v) is 8.92. The summed E-state index contributed by atoms with van der Waals surface area (Å²) >= 11 is 0. The summed E-state index contributed by atoms with van der Waals surface area (Å²) in [4.78, 5) is 46.5. The van der Waals surface area contributed by atoms with Crippen molar-refractivity contribution in [1.29, 1.82) is 0 Å². The van der Waals surface area contributed by atoms with Crippen LogP contribution < -0.4 is 5.32 Å². The number of amides is 1. The highest BCUT2D eigenvalue weighted by Crippen LogP contribution is 2.42. The molecule has 1 saturated heterocycles. The predicted molar refractivity (Wildman–Crippen MR) is 236 cm³/mol. The van der Waals surface area contributed by atoms with Gasteiger partial charge in [-0.15, -0.1) is 0 Å². The highest BCUT2D eigenvalue weighted by Gasteiger charge is 2.51. The van der Waals surface area contributed by atoms with Crippen LogP contribution in [0.3, 0.4) is 0 Å². The van der Waals surface area contributed by atoms with Gasteiger partial charge in [-0.25, -0.2) is 4.57 Å². The number of hydrogen-bond donors (Lipinski definition) is 6. The van der Waals surface area contributed by atoms with E-state index in [1.54, 1.807) is 0 Å². The molecular formula is C46H90NO11P. The van der Waals surface area contributed by atoms with E-state index in [9.17, 15) is 39.3 Å². The predicted octanol–water partition coefficient (Wildman–Crippen LogP) is 10.5. The summed E-state index contributed by atoms with van der Waals surface area (Å²) < 4.78 is 28.4. The lowest BCUT2D eigenvalue weighted by Gasteiger charge is -2.43. The first-order valence-electron chi connectivity index (χ1n) is 24.3. The van der Waals surface area contributed by atoms with Crippen molar-refractivity contribution >= 4 is 19.7 Å². The molecule has 0 saturated carbocycles. The number of carbonyl (C=O) groups excluding carboxylic acids is 2. The molecule has 0 spiro atoms. The van der Waals surface area contributed by atoms with E-state index in [1.165, 1.54) is 116 Å². The molecule has 1 aliphatic rings. The van der Waals surface area contributed by atoms with Crippen molar-refractivity contribution in [1.82, 2.24) is 5.32 Å². The molecule has 0 bridgehead atoms. The number of aliphatic hydroxyl groups excluding tert-OH is 3. The first kappa shape index (κ1) is 55.9. The van der Waals surface area contributed by atoms with Gasteiger partial charge in [0.15, 0.2) is 12.4 Å². The lowest BCUT2D eigenvalue weighted by atomic mass is 9.91. The number of phosphoric ester groups is 1. The van der Waals surface area contributed by atoms with Crippen molar-refractivity contribution in [3.63, 3.8) is 0 Å². The van der Waals surface area contributed by atoms with E-state index in [1.807, 2.05) is 0 Å². The summed E-state index contributed by atoms with van der Waals surface area (Å²) in [5, 5.41) is 34.3. The molecule has 7 atom stereocenters. The van der Waals surface area contributed by atoms with E-state index < -0.39 is 63.1 Å². The molecule has 1 amide bonds. The number of ether oxygens (including phenoxy) is 2. The molecule has 0 unspecified atom stereocenters. The highest BCUT2D eigenvalue weighted by molar-refractivity contribution is 7.46. The van der Waals surface area contributed by atoms with Gasteiger partial charge in [0.2, 0.25) is 5.91 Å². The second kappa shape index (κ2) is 36.4. The Labute approximate surface area is 359 Å². The Morgan fingerprint density at radius 1 is 0.610 bits per heavy atom. The van der Waals surface area contributed by atoms with Crippen molar-refractivity contribution in [3.8, 4) is 0 Å². The van der Waals surface area contributed by atoms with Gasteiger partial charge in [0.25, 0.3) is 0 Å². The third-order valence-corrected chi connectivity index (χ3v) is 12.4. The number of phosphoric acid groups is 1. The second-order valence-corrected chi connectivity index (χ2v) is 18.7. The Kier molecular flexibility index (Phi) is 34.5. The van der Waals surface area contributed by atoms with Crippen LogP contribution in [0.2, 0.25) is 0 Å². The van der Waals surface area contributed by atoms with Gasteiger partial charge >= 0.3 is 13.8 Å². The molecule has 1 heterocycles. The van der Waals surface area contributed by atoms with E-state index in [2.05, 4.69) is 26.1 Å². The van der Waals surface area contributed by atoms with Crippen LogP contribution in [0.15, 0.2) is 0 Å². The van der Waals surface area contributed by atoms with Gasteiger partial charge in [0.1, 0.15) is 18.2 Å². The number of carbonyl (C=O) groups is 2. The largest absolute Gasteiger partial charge is 0.470 e. The molecule has 350 valence electrons. The molecule has 6 N–H and O–H groups in total. The molecule has 12 nitrogen and oxygen atoms in total. The van der Waals surface area contributed by atoms with E-state index in [0.717, 1.165) is 77.0 Å². The molecule has 0 aromatic heterocycles. The van der Waals surface area contributed by atoms with Gasteiger partial charge in [-0.2, -0.15) is 0 Å². The highest BCUT2D eigenvalue weighted by atomic mass is 31.2. The van der Waals surface area contributed by atoms with Gasteiger partial charge in [-0.05, 0) is 25.2 Å². The zero-order chi connectivity index (χ0) is 43.6. The van der Waals surface area contributed by atoms with Gasteiger partial charge in [0.05, 0.1) is 19.1 Å². The fourth-order valence-electron chi connectivity index (χ4n) is 8.35. The van der Waals surface area contributed by atoms with Crippen LogP contribution in [0.5, 0.6) is 0 Å². The summed E-state index contributed by atoms with van der Waals surface area (Å²) in [6.45, 7) is 5.85. The Morgan fingerprint density at radius 2 is 1.00 bits per heavy atom. The minimum absolute atomic E-state index is 0.0323. The molecule has 0 radical (unpaired) electrons. The minimum Gasteiger partial charge on any atom is -0.457 e. The smallest absolute Gasteiger partial charge is 0.457 e. The lowest BCUT2D eigenvalue weighted by Crippen LogP contribution is -2.65. The number of aliphatic hydroxyl groups is 3. The van der Waals surface area contributed by atoms with Crippen LogP contribution in [0.25, 0.3) is 0 Å². The van der Waals surface area contributed by atoms with Crippen LogP contribution in [0.4, 0.5) is 0 Å². The van der Waals surface area contributed by atoms with Crippen molar-refractivity contribution < 1.29 is 53.3 Å². The molecule has 1 aliphatic heterocycles. The SMILES string of the molecule is CCCCCCCCCCCC[C@H](CCCCCCCCCCC)CC(=O)O[C@@H]1[C@H](NC(=O)C[C@H](O)CCCCCCCCCCC)[C@@H](O)O[C@H](CO)[C@H]1OP(=O)(O)O. The van der Waals surface area contributed by atoms with Crippen molar-refractivity contribution in [2.45, 2.75) is 269 Å². The molecule has 13 heteroatoms. The van der Waals surface area contributed by atoms with Crippen molar-refractivity contribution in [2.75, 3.05) is 6.61 Å². The van der Waals surface area contributed by atoms with Crippen LogP contribution in [0.1, 0.15) is 233 Å². The number of esters is 1. The molecular weight excluding hydrogens is 773 g/mol. The van der Waals surface area contributed by atoms with Crippen LogP contribution in [0, 0.1) is 5.92 Å². The third-order valence-electron chi connectivity index (χ3n) is 11.9. The van der Waals surface area contributed by atoms with E-state index in [0.29, 0.717) is 6.42 Å². The van der Waals surface area contributed by atoms with Gasteiger partial charge in [0, 0.05) is 6.42 Å². The monoisotopic (exact) mass is 864 g/mol. The zero-order valence-electron chi connectivity index (χ0n) is 37.7. The molecule has 0 aliphatic carbocycles. The minimum atomic E-state index is -5.21. The molecule has 0 aromatic carbocycles. The van der Waals surface area contributed by atoms with Crippen LogP contribution in [-0.4, -0.2) is 80.3 Å². The lowest BCUT2D eigenvalue weighted by molar-refractivity contribution is -0.256. The first-order chi connectivity index (χ1) is 28.4. The first-order valence-corrected chi connectivity index (χ1v) is 25.8. The average molecular weight is 864 g/mol. The maximum absolute atomic E-state index is 13.7. The number of unbranched alkanes of at least 4 members (excludes halogenated alkanes) is 25. The topological polar surface area (TPSA) is 192 Å². The van der Waals surface area contributed by atoms with Crippen molar-refractivity contribution in [3.05, 3.63) is 0 Å². The molecule has 0 aromatic rings. The molecule has 1 rings (SSSR count). The number of rotatable bonds is 40. The van der Waals surface area contributed by atoms with Gasteiger partial charge in [-0.1, -0.05) is 201 Å². The zero-order valence-corrected chi connectivity index (χ0v) is 38.6. The van der Waals surface area contributed by atoms with E-state index in [4.69, 9.17) is 14.0 Å². The maximum Gasteiger partial charge on any atom is 0.470 e. The van der Waals surface area contributed by atoms with Crippen LogP contribution in [-0.2, 0) is 28.2 Å². The van der Waals surface area contributed by atoms with Gasteiger partial charge < -0.3 is 39.9 Å².